The van der Waals surface area contributed by atoms with Crippen molar-refractivity contribution in [1.82, 2.24) is 5.32 Å². The number of benzene rings is 1. The zero-order valence-corrected chi connectivity index (χ0v) is 12.2. The van der Waals surface area contributed by atoms with Gasteiger partial charge in [-0.2, -0.15) is 0 Å². The summed E-state index contributed by atoms with van der Waals surface area (Å²) in [7, 11) is 3.08. The van der Waals surface area contributed by atoms with Crippen molar-refractivity contribution >= 4 is 5.97 Å². The summed E-state index contributed by atoms with van der Waals surface area (Å²) in [6, 6.07) is 7.99. The Hall–Kier alpha value is -1.55. The Morgan fingerprint density at radius 2 is 2.05 bits per heavy atom. The van der Waals surface area contributed by atoms with Crippen LogP contribution in [0.5, 0.6) is 5.75 Å². The Balaban J connectivity index is 2.36. The number of nitrogens with one attached hydrogen (secondary N) is 1. The van der Waals surface area contributed by atoms with Gasteiger partial charge in [0.25, 0.3) is 0 Å². The second kappa shape index (κ2) is 7.14. The number of carbonyl (C=O) groups is 1. The highest BCUT2D eigenvalue weighted by molar-refractivity contribution is 5.76. The van der Waals surface area contributed by atoms with Crippen molar-refractivity contribution in [3.8, 4) is 5.75 Å². The molecule has 1 aromatic rings. The number of hydrogen-bond donors (Lipinski definition) is 1. The van der Waals surface area contributed by atoms with Gasteiger partial charge in [0.05, 0.1) is 19.6 Å². The van der Waals surface area contributed by atoms with Gasteiger partial charge in [0.1, 0.15) is 5.75 Å². The van der Waals surface area contributed by atoms with E-state index in [1.165, 1.54) is 12.7 Å². The molecule has 1 rings (SSSR count). The average molecular weight is 265 g/mol. The molecule has 0 radical (unpaired) electrons. The highest BCUT2D eigenvalue weighted by atomic mass is 16.5. The first kappa shape index (κ1) is 15.5. The van der Waals surface area contributed by atoms with Crippen molar-refractivity contribution in [3.05, 3.63) is 29.8 Å². The van der Waals surface area contributed by atoms with Crippen LogP contribution in [-0.4, -0.2) is 33.3 Å². The van der Waals surface area contributed by atoms with E-state index in [0.717, 1.165) is 18.7 Å². The normalized spacial score (nSPS) is 11.2. The van der Waals surface area contributed by atoms with E-state index in [9.17, 15) is 4.79 Å². The van der Waals surface area contributed by atoms with E-state index in [1.807, 2.05) is 32.0 Å². The number of carbonyl (C=O) groups excluding carboxylic acids is 1. The largest absolute Gasteiger partial charge is 0.497 e. The van der Waals surface area contributed by atoms with Crippen molar-refractivity contribution in [3.63, 3.8) is 0 Å². The molecule has 0 aliphatic rings. The Kier molecular flexibility index (Phi) is 5.83. The molecule has 0 saturated carbocycles. The number of methoxy groups -OCH3 is 2. The summed E-state index contributed by atoms with van der Waals surface area (Å²) in [6.45, 7) is 5.16. The summed E-state index contributed by atoms with van der Waals surface area (Å²) in [4.78, 5) is 11.5. The second-order valence-electron chi connectivity index (χ2n) is 5.15. The predicted octanol–water partition coefficient (Wildman–Crippen LogP) is 2.03. The molecular formula is C15H23NO3. The quantitative estimate of drug-likeness (QED) is 0.605. The minimum atomic E-state index is -0.497. The van der Waals surface area contributed by atoms with Gasteiger partial charge in [0.2, 0.25) is 0 Å². The van der Waals surface area contributed by atoms with Gasteiger partial charge in [0.15, 0.2) is 0 Å². The molecule has 0 atom stereocenters. The van der Waals surface area contributed by atoms with E-state index in [2.05, 4.69) is 11.4 Å². The highest BCUT2D eigenvalue weighted by Gasteiger charge is 2.27. The van der Waals surface area contributed by atoms with Gasteiger partial charge < -0.3 is 14.8 Å². The molecular weight excluding hydrogens is 242 g/mol. The maximum absolute atomic E-state index is 11.5. The fourth-order valence-electron chi connectivity index (χ4n) is 1.81. The van der Waals surface area contributed by atoms with E-state index in [0.29, 0.717) is 6.54 Å². The third-order valence-electron chi connectivity index (χ3n) is 3.03. The third-order valence-corrected chi connectivity index (χ3v) is 3.03. The molecule has 4 nitrogen and oxygen atoms in total. The molecule has 0 heterocycles. The summed E-state index contributed by atoms with van der Waals surface area (Å²) in [5.41, 5.74) is 0.714. The van der Waals surface area contributed by atoms with Crippen LogP contribution in [0.15, 0.2) is 24.3 Å². The van der Waals surface area contributed by atoms with Crippen LogP contribution in [0, 0.1) is 5.41 Å². The van der Waals surface area contributed by atoms with Gasteiger partial charge in [-0.1, -0.05) is 12.1 Å². The molecule has 0 unspecified atom stereocenters. The molecule has 0 spiro atoms. The second-order valence-corrected chi connectivity index (χ2v) is 5.15. The standard InChI is InChI=1S/C15H23NO3/c1-15(2,14(17)19-4)11-16-9-8-12-6-5-7-13(10-12)18-3/h5-7,10,16H,8-9,11H2,1-4H3. The first-order chi connectivity index (χ1) is 8.99. The lowest BCUT2D eigenvalue weighted by atomic mass is 9.94. The summed E-state index contributed by atoms with van der Waals surface area (Å²) >= 11 is 0. The predicted molar refractivity (Wildman–Crippen MR) is 75.4 cm³/mol. The maximum atomic E-state index is 11.5. The first-order valence-corrected chi connectivity index (χ1v) is 6.41. The fraction of sp³-hybridized carbons (Fsp3) is 0.533. The van der Waals surface area contributed by atoms with Crippen molar-refractivity contribution in [2.75, 3.05) is 27.3 Å². The summed E-state index contributed by atoms with van der Waals surface area (Å²) in [6.07, 6.45) is 0.897. The first-order valence-electron chi connectivity index (χ1n) is 6.41. The number of hydrogen-bond acceptors (Lipinski definition) is 4. The van der Waals surface area contributed by atoms with Gasteiger partial charge in [-0.15, -0.1) is 0 Å². The monoisotopic (exact) mass is 265 g/mol. The minimum absolute atomic E-state index is 0.193. The average Bonchev–Trinajstić information content (AvgIpc) is 2.43. The van der Waals surface area contributed by atoms with E-state index in [-0.39, 0.29) is 5.97 Å². The summed E-state index contributed by atoms with van der Waals surface area (Å²) in [5.74, 6) is 0.675. The van der Waals surface area contributed by atoms with Gasteiger partial charge >= 0.3 is 5.97 Å². The molecule has 0 fully saturated rings. The Bertz CT molecular complexity index is 416. The van der Waals surface area contributed by atoms with Crippen LogP contribution in [0.2, 0.25) is 0 Å². The summed E-state index contributed by atoms with van der Waals surface area (Å²) in [5, 5.41) is 3.29. The van der Waals surface area contributed by atoms with Crippen LogP contribution >= 0.6 is 0 Å². The fourth-order valence-corrected chi connectivity index (χ4v) is 1.81. The van der Waals surface area contributed by atoms with Gasteiger partial charge in [-0.05, 0) is 44.5 Å². The molecule has 0 bridgehead atoms. The summed E-state index contributed by atoms with van der Waals surface area (Å²) < 4.78 is 9.94. The minimum Gasteiger partial charge on any atom is -0.497 e. The van der Waals surface area contributed by atoms with E-state index < -0.39 is 5.41 Å². The van der Waals surface area contributed by atoms with Gasteiger partial charge in [0, 0.05) is 6.54 Å². The van der Waals surface area contributed by atoms with Crippen LogP contribution in [0.4, 0.5) is 0 Å². The van der Waals surface area contributed by atoms with E-state index in [1.54, 1.807) is 7.11 Å². The van der Waals surface area contributed by atoms with Crippen LogP contribution in [0.25, 0.3) is 0 Å². The Morgan fingerprint density at radius 1 is 1.32 bits per heavy atom. The molecule has 0 aliphatic heterocycles. The molecule has 19 heavy (non-hydrogen) atoms. The molecule has 0 aliphatic carbocycles. The third kappa shape index (κ3) is 4.91. The lowest BCUT2D eigenvalue weighted by Crippen LogP contribution is -2.37. The van der Waals surface area contributed by atoms with E-state index in [4.69, 9.17) is 9.47 Å². The molecule has 0 aromatic heterocycles. The lowest BCUT2D eigenvalue weighted by molar-refractivity contribution is -0.150. The number of esters is 1. The van der Waals surface area contributed by atoms with Crippen LogP contribution in [0.3, 0.4) is 0 Å². The lowest BCUT2D eigenvalue weighted by Gasteiger charge is -2.21. The zero-order valence-electron chi connectivity index (χ0n) is 12.2. The van der Waals surface area contributed by atoms with Gasteiger partial charge in [-0.25, -0.2) is 0 Å². The zero-order chi connectivity index (χ0) is 14.3. The highest BCUT2D eigenvalue weighted by Crippen LogP contribution is 2.16. The van der Waals surface area contributed by atoms with Crippen molar-refractivity contribution in [2.24, 2.45) is 5.41 Å². The number of ether oxygens (including phenoxy) is 2. The Labute approximate surface area is 115 Å². The molecule has 106 valence electrons. The molecule has 1 aromatic carbocycles. The SMILES string of the molecule is COC(=O)C(C)(C)CNCCc1cccc(OC)c1. The molecule has 0 saturated heterocycles. The molecule has 4 heteroatoms. The molecule has 0 amide bonds. The van der Waals surface area contributed by atoms with Crippen LogP contribution in [0.1, 0.15) is 19.4 Å². The van der Waals surface area contributed by atoms with E-state index >= 15 is 0 Å². The van der Waals surface area contributed by atoms with Crippen molar-refractivity contribution in [1.29, 1.82) is 0 Å². The smallest absolute Gasteiger partial charge is 0.312 e. The maximum Gasteiger partial charge on any atom is 0.312 e. The van der Waals surface area contributed by atoms with Crippen molar-refractivity contribution < 1.29 is 14.3 Å². The topological polar surface area (TPSA) is 47.6 Å². The molecule has 1 N–H and O–H groups in total. The van der Waals surface area contributed by atoms with Gasteiger partial charge in [-0.3, -0.25) is 4.79 Å². The van der Waals surface area contributed by atoms with Crippen molar-refractivity contribution in [2.45, 2.75) is 20.3 Å². The number of rotatable bonds is 7. The van der Waals surface area contributed by atoms with Crippen LogP contribution < -0.4 is 10.1 Å². The Morgan fingerprint density at radius 3 is 2.68 bits per heavy atom. The van der Waals surface area contributed by atoms with Crippen LogP contribution in [-0.2, 0) is 16.0 Å².